The molecule has 0 bridgehead atoms. The van der Waals surface area contributed by atoms with Crippen molar-refractivity contribution in [2.24, 2.45) is 0 Å². The van der Waals surface area contributed by atoms with Gasteiger partial charge in [-0.05, 0) is 85.7 Å². The van der Waals surface area contributed by atoms with Crippen LogP contribution >= 0.6 is 0 Å². The Morgan fingerprint density at radius 1 is 0.893 bits per heavy atom. The highest BCUT2D eigenvalue weighted by Crippen LogP contribution is 2.54. The van der Waals surface area contributed by atoms with Gasteiger partial charge in [-0.1, -0.05) is 56.8 Å². The smallest absolute Gasteiger partial charge is 0.131 e. The van der Waals surface area contributed by atoms with Gasteiger partial charge in [0.25, 0.3) is 0 Å². The summed E-state index contributed by atoms with van der Waals surface area (Å²) in [5, 5.41) is 0. The van der Waals surface area contributed by atoms with Crippen LogP contribution in [0, 0.1) is 0 Å². The fourth-order valence-corrected chi connectivity index (χ4v) is 10.4. The second kappa shape index (κ2) is 5.93. The van der Waals surface area contributed by atoms with Gasteiger partial charge in [0.1, 0.15) is 8.24 Å². The third kappa shape index (κ3) is 2.76. The molecular weight excluding hydrogens is 354 g/mol. The lowest BCUT2D eigenvalue weighted by molar-refractivity contribution is 0.508. The Hall–Kier alpha value is -1.64. The van der Waals surface area contributed by atoms with E-state index in [0.29, 0.717) is 5.54 Å². The van der Waals surface area contributed by atoms with E-state index in [1.54, 1.807) is 11.1 Å². The van der Waals surface area contributed by atoms with Crippen molar-refractivity contribution in [3.05, 3.63) is 64.2 Å². The first-order valence-electron chi connectivity index (χ1n) is 10.6. The molecule has 148 valence electrons. The molecule has 2 aromatic rings. The highest BCUT2D eigenvalue weighted by atomic mass is 28.3. The molecule has 4 rings (SSSR count). The van der Waals surface area contributed by atoms with Crippen molar-refractivity contribution in [1.82, 2.24) is 4.98 Å². The summed E-state index contributed by atoms with van der Waals surface area (Å²) in [5.74, 6) is 0. The standard InChI is InChI=1S/C26H35NSi/c1-16-17(2)24(28(8,9)27-25(3,4)5)21-14-20-18-12-10-11-13-22(18)26(6,7)23(20)15-19(16)21/h10-15,24,27H,1-9H3. The number of benzene rings is 2. The molecule has 0 saturated heterocycles. The number of rotatable bonds is 2. The summed E-state index contributed by atoms with van der Waals surface area (Å²) >= 11 is 0. The summed E-state index contributed by atoms with van der Waals surface area (Å²) in [7, 11) is -1.73. The average Bonchev–Trinajstić information content (AvgIpc) is 2.94. The zero-order valence-electron chi connectivity index (χ0n) is 19.0. The number of fused-ring (bicyclic) bond motifs is 4. The largest absolute Gasteiger partial charge is 0.332 e. The van der Waals surface area contributed by atoms with Crippen LogP contribution in [0.3, 0.4) is 0 Å². The average molecular weight is 390 g/mol. The number of nitrogens with one attached hydrogen (secondary N) is 1. The lowest BCUT2D eigenvalue weighted by atomic mass is 9.81. The maximum Gasteiger partial charge on any atom is 0.131 e. The van der Waals surface area contributed by atoms with E-state index in [1.807, 2.05) is 0 Å². The molecule has 0 spiro atoms. The van der Waals surface area contributed by atoms with Gasteiger partial charge in [-0.2, -0.15) is 0 Å². The SMILES string of the molecule is CC1=C(C)C([Si](C)(C)NC(C)(C)C)c2cc3c(cc21)C(C)(C)c1ccccc1-3. The van der Waals surface area contributed by atoms with Crippen LogP contribution in [-0.4, -0.2) is 13.8 Å². The quantitative estimate of drug-likeness (QED) is 0.544. The van der Waals surface area contributed by atoms with Crippen molar-refractivity contribution in [3.8, 4) is 11.1 Å². The summed E-state index contributed by atoms with van der Waals surface area (Å²) in [6.07, 6.45) is 0. The lowest BCUT2D eigenvalue weighted by Gasteiger charge is -2.39. The van der Waals surface area contributed by atoms with E-state index >= 15 is 0 Å². The van der Waals surface area contributed by atoms with Gasteiger partial charge >= 0.3 is 0 Å². The van der Waals surface area contributed by atoms with Crippen LogP contribution in [0.15, 0.2) is 42.0 Å². The molecular formula is C26H35NSi. The summed E-state index contributed by atoms with van der Waals surface area (Å²) in [5.41, 5.74) is 12.7. The molecule has 0 aromatic heterocycles. The number of hydrogen-bond donors (Lipinski definition) is 1. The predicted octanol–water partition coefficient (Wildman–Crippen LogP) is 7.02. The van der Waals surface area contributed by atoms with Gasteiger partial charge in [-0.25, -0.2) is 0 Å². The van der Waals surface area contributed by atoms with E-state index in [-0.39, 0.29) is 11.0 Å². The first-order valence-corrected chi connectivity index (χ1v) is 13.7. The molecule has 1 nitrogen and oxygen atoms in total. The van der Waals surface area contributed by atoms with Crippen LogP contribution in [0.25, 0.3) is 16.7 Å². The number of allylic oxidation sites excluding steroid dienone is 2. The minimum Gasteiger partial charge on any atom is -0.332 e. The van der Waals surface area contributed by atoms with Crippen molar-refractivity contribution in [3.63, 3.8) is 0 Å². The Morgan fingerprint density at radius 2 is 1.54 bits per heavy atom. The first-order chi connectivity index (χ1) is 12.8. The maximum atomic E-state index is 4.04. The molecule has 0 saturated carbocycles. The molecule has 2 heteroatoms. The Morgan fingerprint density at radius 3 is 2.18 bits per heavy atom. The van der Waals surface area contributed by atoms with Crippen molar-refractivity contribution in [2.45, 2.75) is 78.1 Å². The van der Waals surface area contributed by atoms with Crippen LogP contribution in [0.4, 0.5) is 0 Å². The van der Waals surface area contributed by atoms with Crippen LogP contribution < -0.4 is 4.98 Å². The monoisotopic (exact) mass is 389 g/mol. The van der Waals surface area contributed by atoms with E-state index < -0.39 is 8.24 Å². The zero-order chi connectivity index (χ0) is 20.6. The molecule has 28 heavy (non-hydrogen) atoms. The fourth-order valence-electron chi connectivity index (χ4n) is 5.96. The second-order valence-corrected chi connectivity index (χ2v) is 15.3. The van der Waals surface area contributed by atoms with Gasteiger partial charge in [0, 0.05) is 16.5 Å². The molecule has 2 aliphatic carbocycles. The van der Waals surface area contributed by atoms with Crippen molar-refractivity contribution < 1.29 is 0 Å². The topological polar surface area (TPSA) is 12.0 Å². The Bertz CT molecular complexity index is 1000. The van der Waals surface area contributed by atoms with Crippen molar-refractivity contribution >= 4 is 13.8 Å². The Kier molecular flexibility index (Phi) is 4.17. The first kappa shape index (κ1) is 19.7. The molecule has 2 aromatic carbocycles. The second-order valence-electron chi connectivity index (χ2n) is 11.0. The Balaban J connectivity index is 1.93. The van der Waals surface area contributed by atoms with Gasteiger partial charge in [0.05, 0.1) is 0 Å². The van der Waals surface area contributed by atoms with E-state index in [2.05, 4.69) is 103 Å². The van der Waals surface area contributed by atoms with Crippen LogP contribution in [-0.2, 0) is 5.41 Å². The molecule has 1 unspecified atom stereocenters. The van der Waals surface area contributed by atoms with E-state index in [9.17, 15) is 0 Å². The van der Waals surface area contributed by atoms with Crippen molar-refractivity contribution in [2.75, 3.05) is 0 Å². The number of hydrogen-bond acceptors (Lipinski definition) is 1. The third-order valence-electron chi connectivity index (χ3n) is 6.91. The van der Waals surface area contributed by atoms with Crippen molar-refractivity contribution in [1.29, 1.82) is 0 Å². The molecule has 1 atom stereocenters. The highest BCUT2D eigenvalue weighted by molar-refractivity contribution is 6.77. The summed E-state index contributed by atoms with van der Waals surface area (Å²) in [6, 6.07) is 14.0. The lowest BCUT2D eigenvalue weighted by Crippen LogP contribution is -2.58. The molecule has 0 fully saturated rings. The molecule has 1 N–H and O–H groups in total. The van der Waals surface area contributed by atoms with Crippen LogP contribution in [0.5, 0.6) is 0 Å². The van der Waals surface area contributed by atoms with Gasteiger partial charge in [0.2, 0.25) is 0 Å². The Labute approximate surface area is 172 Å². The highest BCUT2D eigenvalue weighted by Gasteiger charge is 2.44. The predicted molar refractivity (Wildman–Crippen MR) is 125 cm³/mol. The van der Waals surface area contributed by atoms with Gasteiger partial charge in [0.15, 0.2) is 0 Å². The summed E-state index contributed by atoms with van der Waals surface area (Å²) < 4.78 is 0. The fraction of sp³-hybridized carbons (Fsp3) is 0.462. The van der Waals surface area contributed by atoms with E-state index in [4.69, 9.17) is 0 Å². The third-order valence-corrected chi connectivity index (χ3v) is 10.5. The van der Waals surface area contributed by atoms with E-state index in [0.717, 1.165) is 0 Å². The van der Waals surface area contributed by atoms with Gasteiger partial charge in [-0.3, -0.25) is 0 Å². The van der Waals surface area contributed by atoms with Crippen LogP contribution in [0.2, 0.25) is 13.1 Å². The summed E-state index contributed by atoms with van der Waals surface area (Å²) in [4.78, 5) is 4.04. The zero-order valence-corrected chi connectivity index (χ0v) is 20.0. The van der Waals surface area contributed by atoms with Gasteiger partial charge < -0.3 is 4.98 Å². The minimum atomic E-state index is -1.73. The van der Waals surface area contributed by atoms with Crippen LogP contribution in [0.1, 0.15) is 76.3 Å². The molecule has 0 aliphatic heterocycles. The van der Waals surface area contributed by atoms with Gasteiger partial charge in [-0.15, -0.1) is 0 Å². The molecule has 0 radical (unpaired) electrons. The maximum absolute atomic E-state index is 4.04. The summed E-state index contributed by atoms with van der Waals surface area (Å²) in [6.45, 7) is 21.3. The normalized spacial score (nSPS) is 20.2. The van der Waals surface area contributed by atoms with E-state index in [1.165, 1.54) is 33.4 Å². The molecule has 0 heterocycles. The minimum absolute atomic E-state index is 0.0732. The molecule has 2 aliphatic rings. The molecule has 0 amide bonds.